The van der Waals surface area contributed by atoms with E-state index in [2.05, 4.69) is 12.2 Å². The maximum absolute atomic E-state index is 13.8. The SMILES string of the molecule is CCCNC(Cc1ccc(Cl)cc1F)c1ccco1. The summed E-state index contributed by atoms with van der Waals surface area (Å²) in [6, 6.07) is 8.50. The van der Waals surface area contributed by atoms with Crippen LogP contribution in [-0.4, -0.2) is 6.54 Å². The molecule has 0 saturated heterocycles. The van der Waals surface area contributed by atoms with Gasteiger partial charge < -0.3 is 9.73 Å². The molecule has 2 nitrogen and oxygen atoms in total. The summed E-state index contributed by atoms with van der Waals surface area (Å²) in [5, 5.41) is 3.78. The number of benzene rings is 1. The molecule has 0 aliphatic heterocycles. The second-order valence-corrected chi connectivity index (χ2v) is 4.90. The van der Waals surface area contributed by atoms with Gasteiger partial charge in [0.25, 0.3) is 0 Å². The number of nitrogens with one attached hydrogen (secondary N) is 1. The number of furan rings is 1. The maximum Gasteiger partial charge on any atom is 0.127 e. The standard InChI is InChI=1S/C15H17ClFNO/c1-2-7-18-14(15-4-3-8-19-15)9-11-5-6-12(16)10-13(11)17/h3-6,8,10,14,18H,2,7,9H2,1H3. The molecule has 1 heterocycles. The lowest BCUT2D eigenvalue weighted by Crippen LogP contribution is -2.24. The van der Waals surface area contributed by atoms with Gasteiger partial charge in [-0.05, 0) is 49.2 Å². The molecule has 0 aliphatic carbocycles. The average molecular weight is 282 g/mol. The van der Waals surface area contributed by atoms with Crippen molar-refractivity contribution in [3.63, 3.8) is 0 Å². The third-order valence-corrected chi connectivity index (χ3v) is 3.20. The fourth-order valence-electron chi connectivity index (χ4n) is 1.99. The third-order valence-electron chi connectivity index (χ3n) is 2.97. The van der Waals surface area contributed by atoms with Gasteiger partial charge in [0.05, 0.1) is 12.3 Å². The Labute approximate surface area is 117 Å². The van der Waals surface area contributed by atoms with Crippen LogP contribution < -0.4 is 5.32 Å². The van der Waals surface area contributed by atoms with Crippen LogP contribution in [0.15, 0.2) is 41.0 Å². The first-order valence-corrected chi connectivity index (χ1v) is 6.79. The van der Waals surface area contributed by atoms with Crippen LogP contribution in [0, 0.1) is 5.82 Å². The molecule has 1 aromatic carbocycles. The molecule has 0 aliphatic rings. The first-order valence-electron chi connectivity index (χ1n) is 6.41. The van der Waals surface area contributed by atoms with E-state index in [-0.39, 0.29) is 11.9 Å². The first kappa shape index (κ1) is 14.1. The zero-order valence-electron chi connectivity index (χ0n) is 10.8. The Bertz CT molecular complexity index is 513. The average Bonchev–Trinajstić information content (AvgIpc) is 2.90. The second kappa shape index (κ2) is 6.73. The molecule has 102 valence electrons. The molecule has 0 amide bonds. The van der Waals surface area contributed by atoms with Gasteiger partial charge in [-0.3, -0.25) is 0 Å². The van der Waals surface area contributed by atoms with Crippen molar-refractivity contribution < 1.29 is 8.81 Å². The van der Waals surface area contributed by atoms with Crippen molar-refractivity contribution in [2.24, 2.45) is 0 Å². The van der Waals surface area contributed by atoms with Crippen molar-refractivity contribution in [2.75, 3.05) is 6.54 Å². The van der Waals surface area contributed by atoms with Gasteiger partial charge in [0.1, 0.15) is 11.6 Å². The lowest BCUT2D eigenvalue weighted by atomic mass is 10.0. The number of hydrogen-bond donors (Lipinski definition) is 1. The topological polar surface area (TPSA) is 25.2 Å². The summed E-state index contributed by atoms with van der Waals surface area (Å²) >= 11 is 5.76. The Morgan fingerprint density at radius 2 is 2.21 bits per heavy atom. The minimum absolute atomic E-state index is 0.0226. The smallest absolute Gasteiger partial charge is 0.127 e. The fraction of sp³-hybridized carbons (Fsp3) is 0.333. The molecule has 2 aromatic rings. The number of hydrogen-bond acceptors (Lipinski definition) is 2. The monoisotopic (exact) mass is 281 g/mol. The summed E-state index contributed by atoms with van der Waals surface area (Å²) in [7, 11) is 0. The van der Waals surface area contributed by atoms with Gasteiger partial charge in [-0.25, -0.2) is 4.39 Å². The van der Waals surface area contributed by atoms with Crippen molar-refractivity contribution in [3.05, 3.63) is 58.8 Å². The van der Waals surface area contributed by atoms with E-state index >= 15 is 0 Å². The quantitative estimate of drug-likeness (QED) is 0.851. The molecule has 0 saturated carbocycles. The van der Waals surface area contributed by atoms with Gasteiger partial charge in [0.15, 0.2) is 0 Å². The Kier molecular flexibility index (Phi) is 5.00. The molecule has 0 radical (unpaired) electrons. The summed E-state index contributed by atoms with van der Waals surface area (Å²) in [6.45, 7) is 2.95. The van der Waals surface area contributed by atoms with Crippen molar-refractivity contribution in [2.45, 2.75) is 25.8 Å². The Morgan fingerprint density at radius 3 is 2.84 bits per heavy atom. The van der Waals surface area contributed by atoms with Crippen LogP contribution in [0.2, 0.25) is 5.02 Å². The van der Waals surface area contributed by atoms with Crippen molar-refractivity contribution in [1.29, 1.82) is 0 Å². The fourth-order valence-corrected chi connectivity index (χ4v) is 2.15. The van der Waals surface area contributed by atoms with Crippen LogP contribution in [0.1, 0.15) is 30.7 Å². The summed E-state index contributed by atoms with van der Waals surface area (Å²) in [4.78, 5) is 0. The predicted molar refractivity (Wildman–Crippen MR) is 74.9 cm³/mol. The van der Waals surface area contributed by atoms with Gasteiger partial charge in [0, 0.05) is 5.02 Å². The Hall–Kier alpha value is -1.32. The highest BCUT2D eigenvalue weighted by atomic mass is 35.5. The largest absolute Gasteiger partial charge is 0.468 e. The Morgan fingerprint density at radius 1 is 1.37 bits per heavy atom. The van der Waals surface area contributed by atoms with E-state index in [9.17, 15) is 4.39 Å². The van der Waals surface area contributed by atoms with E-state index in [0.717, 1.165) is 18.7 Å². The van der Waals surface area contributed by atoms with E-state index in [4.69, 9.17) is 16.0 Å². The van der Waals surface area contributed by atoms with Gasteiger partial charge >= 0.3 is 0 Å². The van der Waals surface area contributed by atoms with Gasteiger partial charge in [-0.1, -0.05) is 24.6 Å². The highest BCUT2D eigenvalue weighted by Gasteiger charge is 2.16. The molecule has 1 unspecified atom stereocenters. The summed E-state index contributed by atoms with van der Waals surface area (Å²) in [5.74, 6) is 0.546. The van der Waals surface area contributed by atoms with Crippen LogP contribution in [0.4, 0.5) is 4.39 Å². The van der Waals surface area contributed by atoms with Crippen LogP contribution in [0.3, 0.4) is 0 Å². The van der Waals surface area contributed by atoms with Crippen molar-refractivity contribution >= 4 is 11.6 Å². The zero-order chi connectivity index (χ0) is 13.7. The molecule has 0 spiro atoms. The van der Waals surface area contributed by atoms with E-state index in [0.29, 0.717) is 17.0 Å². The molecule has 19 heavy (non-hydrogen) atoms. The summed E-state index contributed by atoms with van der Waals surface area (Å²) < 4.78 is 19.2. The number of halogens is 2. The third kappa shape index (κ3) is 3.82. The van der Waals surface area contributed by atoms with E-state index in [1.165, 1.54) is 6.07 Å². The van der Waals surface area contributed by atoms with E-state index in [1.54, 1.807) is 18.4 Å². The minimum Gasteiger partial charge on any atom is -0.468 e. The van der Waals surface area contributed by atoms with Crippen molar-refractivity contribution in [3.8, 4) is 0 Å². The van der Waals surface area contributed by atoms with Crippen LogP contribution >= 0.6 is 11.6 Å². The van der Waals surface area contributed by atoms with Gasteiger partial charge in [-0.2, -0.15) is 0 Å². The molecular weight excluding hydrogens is 265 g/mol. The molecular formula is C15H17ClFNO. The first-order chi connectivity index (χ1) is 9.20. The van der Waals surface area contributed by atoms with Gasteiger partial charge in [0.2, 0.25) is 0 Å². The molecule has 0 fully saturated rings. The highest BCUT2D eigenvalue weighted by Crippen LogP contribution is 2.22. The summed E-state index contributed by atoms with van der Waals surface area (Å²) in [5.41, 5.74) is 0.634. The van der Waals surface area contributed by atoms with Crippen molar-refractivity contribution in [1.82, 2.24) is 5.32 Å². The highest BCUT2D eigenvalue weighted by molar-refractivity contribution is 6.30. The van der Waals surface area contributed by atoms with Crippen LogP contribution in [0.5, 0.6) is 0 Å². The summed E-state index contributed by atoms with van der Waals surface area (Å²) in [6.07, 6.45) is 3.19. The molecule has 1 N–H and O–H groups in total. The molecule has 0 bridgehead atoms. The lowest BCUT2D eigenvalue weighted by molar-refractivity contribution is 0.407. The molecule has 2 rings (SSSR count). The van der Waals surface area contributed by atoms with Gasteiger partial charge in [-0.15, -0.1) is 0 Å². The predicted octanol–water partition coefficient (Wildman–Crippen LogP) is 4.36. The molecule has 1 atom stereocenters. The molecule has 1 aromatic heterocycles. The van der Waals surface area contributed by atoms with Crippen LogP contribution in [-0.2, 0) is 6.42 Å². The van der Waals surface area contributed by atoms with E-state index in [1.807, 2.05) is 12.1 Å². The van der Waals surface area contributed by atoms with E-state index < -0.39 is 0 Å². The normalized spacial score (nSPS) is 12.6. The zero-order valence-corrected chi connectivity index (χ0v) is 11.6. The lowest BCUT2D eigenvalue weighted by Gasteiger charge is -2.16. The Balaban J connectivity index is 2.15. The second-order valence-electron chi connectivity index (χ2n) is 4.46. The minimum atomic E-state index is -0.276. The maximum atomic E-state index is 13.8. The van der Waals surface area contributed by atoms with Crippen LogP contribution in [0.25, 0.3) is 0 Å². The number of rotatable bonds is 6. The molecule has 4 heteroatoms.